The van der Waals surface area contributed by atoms with E-state index in [9.17, 15) is 14.4 Å². The molecule has 1 aromatic rings. The van der Waals surface area contributed by atoms with E-state index in [1.807, 2.05) is 32.0 Å². The lowest BCUT2D eigenvalue weighted by atomic mass is 9.95. The number of benzene rings is 1. The van der Waals surface area contributed by atoms with Gasteiger partial charge in [-0.3, -0.25) is 9.59 Å². The number of nitrogens with one attached hydrogen (secondary N) is 1. The molecule has 29 heavy (non-hydrogen) atoms. The van der Waals surface area contributed by atoms with Crippen LogP contribution in [0.25, 0.3) is 0 Å². The van der Waals surface area contributed by atoms with E-state index in [0.29, 0.717) is 12.2 Å². The van der Waals surface area contributed by atoms with Gasteiger partial charge in [-0.2, -0.15) is 0 Å². The van der Waals surface area contributed by atoms with E-state index in [-0.39, 0.29) is 11.3 Å². The van der Waals surface area contributed by atoms with Crippen LogP contribution >= 0.6 is 27.7 Å². The second kappa shape index (κ2) is 9.06. The molecular weight excluding hydrogens is 458 g/mol. The number of nitrogens with zero attached hydrogens (tertiary/aromatic N) is 1. The van der Waals surface area contributed by atoms with Crippen LogP contribution in [0.4, 0.5) is 0 Å². The Kier molecular flexibility index (Phi) is 6.90. The number of hydrogen-bond acceptors (Lipinski definition) is 6. The van der Waals surface area contributed by atoms with Gasteiger partial charge in [0.1, 0.15) is 23.5 Å². The number of β-lactam (4-membered cyclic amide) rings is 1. The molecule has 0 aromatic heterocycles. The highest BCUT2D eigenvalue weighted by Crippen LogP contribution is 2.51. The molecule has 0 aliphatic carbocycles. The highest BCUT2D eigenvalue weighted by molar-refractivity contribution is 9.09. The molecule has 2 fully saturated rings. The van der Waals surface area contributed by atoms with Crippen molar-refractivity contribution in [1.29, 1.82) is 0 Å². The second-order valence-corrected chi connectivity index (χ2v) is 10.3. The third-order valence-electron chi connectivity index (χ3n) is 5.18. The fraction of sp³-hybridized carbons (Fsp3) is 0.550. The Morgan fingerprint density at radius 1 is 1.31 bits per heavy atom. The van der Waals surface area contributed by atoms with Crippen molar-refractivity contribution in [2.45, 2.75) is 54.9 Å². The van der Waals surface area contributed by atoms with Gasteiger partial charge in [0.15, 0.2) is 0 Å². The molecule has 2 amide bonds. The number of amides is 2. The third kappa shape index (κ3) is 4.46. The van der Waals surface area contributed by atoms with Crippen LogP contribution in [0, 0.1) is 0 Å². The van der Waals surface area contributed by atoms with Crippen molar-refractivity contribution in [2.24, 2.45) is 5.73 Å². The molecule has 2 saturated heterocycles. The summed E-state index contributed by atoms with van der Waals surface area (Å²) in [5.41, 5.74) is 6.71. The normalized spacial score (nSPS) is 25.7. The summed E-state index contributed by atoms with van der Waals surface area (Å²) >= 11 is 4.85. The highest BCUT2D eigenvalue weighted by atomic mass is 79.9. The fourth-order valence-electron chi connectivity index (χ4n) is 3.63. The monoisotopic (exact) mass is 483 g/mol. The lowest BCUT2D eigenvalue weighted by molar-refractivity contribution is -0.164. The SMILES string of the molecule is CC1(C)S[C@@H]2C(NC(=O)[C@H](N)c3ccccc3)C(=O)N2[C@H]1C(=O)OCCCCBr. The number of esters is 1. The number of carbonyl (C=O) groups is 3. The Labute approximate surface area is 183 Å². The lowest BCUT2D eigenvalue weighted by Crippen LogP contribution is -2.71. The molecule has 0 saturated carbocycles. The quantitative estimate of drug-likeness (QED) is 0.253. The van der Waals surface area contributed by atoms with Crippen molar-refractivity contribution >= 4 is 45.5 Å². The van der Waals surface area contributed by atoms with Crippen LogP contribution in [0.15, 0.2) is 30.3 Å². The average molecular weight is 484 g/mol. The Hall–Kier alpha value is -1.58. The molecule has 2 aliphatic rings. The van der Waals surface area contributed by atoms with Crippen LogP contribution in [-0.2, 0) is 19.1 Å². The number of fused-ring (bicyclic) bond motifs is 1. The van der Waals surface area contributed by atoms with Crippen LogP contribution in [0.3, 0.4) is 0 Å². The summed E-state index contributed by atoms with van der Waals surface area (Å²) in [6.45, 7) is 4.17. The number of ether oxygens (including phenoxy) is 1. The lowest BCUT2D eigenvalue weighted by Gasteiger charge is -2.44. The first-order chi connectivity index (χ1) is 13.8. The molecule has 0 spiro atoms. The molecule has 1 unspecified atom stereocenters. The summed E-state index contributed by atoms with van der Waals surface area (Å²) in [6.07, 6.45) is 1.68. The average Bonchev–Trinajstić information content (AvgIpc) is 2.97. The van der Waals surface area contributed by atoms with Gasteiger partial charge in [0, 0.05) is 10.1 Å². The molecule has 0 bridgehead atoms. The summed E-state index contributed by atoms with van der Waals surface area (Å²) in [5.74, 6) is -1.07. The predicted molar refractivity (Wildman–Crippen MR) is 115 cm³/mol. The Morgan fingerprint density at radius 3 is 2.66 bits per heavy atom. The molecule has 158 valence electrons. The van der Waals surface area contributed by atoms with Crippen molar-refractivity contribution in [2.75, 3.05) is 11.9 Å². The zero-order chi connectivity index (χ0) is 21.2. The number of thioether (sulfide) groups is 1. The van der Waals surface area contributed by atoms with Crippen LogP contribution in [0.1, 0.15) is 38.3 Å². The van der Waals surface area contributed by atoms with E-state index in [2.05, 4.69) is 21.2 Å². The Balaban J connectivity index is 1.63. The van der Waals surface area contributed by atoms with Crippen LogP contribution in [0.2, 0.25) is 0 Å². The van der Waals surface area contributed by atoms with E-state index >= 15 is 0 Å². The minimum Gasteiger partial charge on any atom is -0.464 e. The minimum absolute atomic E-state index is 0.274. The van der Waals surface area contributed by atoms with Gasteiger partial charge in [0.05, 0.1) is 6.61 Å². The van der Waals surface area contributed by atoms with E-state index in [4.69, 9.17) is 10.5 Å². The summed E-state index contributed by atoms with van der Waals surface area (Å²) in [6, 6.07) is 6.80. The number of halogens is 1. The van der Waals surface area contributed by atoms with Gasteiger partial charge < -0.3 is 20.7 Å². The Bertz CT molecular complexity index is 776. The molecule has 7 nitrogen and oxygen atoms in total. The van der Waals surface area contributed by atoms with Gasteiger partial charge >= 0.3 is 5.97 Å². The fourth-order valence-corrected chi connectivity index (χ4v) is 5.65. The predicted octanol–water partition coefficient (Wildman–Crippen LogP) is 1.95. The summed E-state index contributed by atoms with van der Waals surface area (Å²) in [5, 5.41) is 3.31. The minimum atomic E-state index is -0.854. The van der Waals surface area contributed by atoms with Gasteiger partial charge in [0.25, 0.3) is 0 Å². The van der Waals surface area contributed by atoms with E-state index in [1.54, 1.807) is 12.1 Å². The number of hydrogen-bond donors (Lipinski definition) is 2. The molecule has 1 aromatic carbocycles. The molecule has 9 heteroatoms. The third-order valence-corrected chi connectivity index (χ3v) is 7.31. The maximum absolute atomic E-state index is 12.8. The Morgan fingerprint density at radius 2 is 2.00 bits per heavy atom. The zero-order valence-corrected chi connectivity index (χ0v) is 18.9. The number of alkyl halides is 1. The molecular formula is C20H26BrN3O4S. The molecule has 3 N–H and O–H groups in total. The number of carbonyl (C=O) groups excluding carboxylic acids is 3. The molecule has 3 rings (SSSR count). The zero-order valence-electron chi connectivity index (χ0n) is 16.5. The topological polar surface area (TPSA) is 102 Å². The number of nitrogens with two attached hydrogens (primary N) is 1. The molecule has 4 atom stereocenters. The van der Waals surface area contributed by atoms with Crippen LogP contribution in [-0.4, -0.2) is 56.8 Å². The van der Waals surface area contributed by atoms with Crippen molar-refractivity contribution in [3.05, 3.63) is 35.9 Å². The molecule has 2 heterocycles. The maximum Gasteiger partial charge on any atom is 0.330 e. The smallest absolute Gasteiger partial charge is 0.330 e. The van der Waals surface area contributed by atoms with Crippen molar-refractivity contribution in [1.82, 2.24) is 10.2 Å². The molecule has 2 aliphatic heterocycles. The largest absolute Gasteiger partial charge is 0.464 e. The van der Waals surface area contributed by atoms with Crippen LogP contribution < -0.4 is 11.1 Å². The van der Waals surface area contributed by atoms with Gasteiger partial charge in [-0.15, -0.1) is 11.8 Å². The number of unbranched alkanes of at least 4 members (excludes halogenated alkanes) is 1. The van der Waals surface area contributed by atoms with Gasteiger partial charge in [0.2, 0.25) is 11.8 Å². The van der Waals surface area contributed by atoms with Crippen LogP contribution in [0.5, 0.6) is 0 Å². The van der Waals surface area contributed by atoms with Gasteiger partial charge in [-0.1, -0.05) is 46.3 Å². The first-order valence-electron chi connectivity index (χ1n) is 9.61. The number of rotatable bonds is 8. The van der Waals surface area contributed by atoms with E-state index in [1.165, 1.54) is 16.7 Å². The van der Waals surface area contributed by atoms with Crippen molar-refractivity contribution in [3.8, 4) is 0 Å². The highest BCUT2D eigenvalue weighted by Gasteiger charge is 2.64. The standard InChI is InChI=1S/C20H26BrN3O4S/c1-20(2)15(19(27)28-11-7-6-10-21)24-17(26)14(18(24)29-20)23-16(25)13(22)12-8-4-3-5-9-12/h3-5,8-9,13-15,18H,6-7,10-11,22H2,1-2H3,(H,23,25)/t13-,14?,15+,18-/m1/s1. The van der Waals surface area contributed by atoms with Crippen molar-refractivity contribution < 1.29 is 19.1 Å². The summed E-state index contributed by atoms with van der Waals surface area (Å²) in [7, 11) is 0. The molecule has 0 radical (unpaired) electrons. The van der Waals surface area contributed by atoms with Gasteiger partial charge in [-0.05, 0) is 32.3 Å². The summed E-state index contributed by atoms with van der Waals surface area (Å²) < 4.78 is 4.90. The van der Waals surface area contributed by atoms with Gasteiger partial charge in [-0.25, -0.2) is 4.79 Å². The van der Waals surface area contributed by atoms with E-state index < -0.39 is 34.7 Å². The van der Waals surface area contributed by atoms with Crippen molar-refractivity contribution in [3.63, 3.8) is 0 Å². The summed E-state index contributed by atoms with van der Waals surface area (Å²) in [4.78, 5) is 39.5. The second-order valence-electron chi connectivity index (χ2n) is 7.70. The first kappa shape index (κ1) is 22.1. The maximum atomic E-state index is 12.8. The first-order valence-corrected chi connectivity index (χ1v) is 11.6. The van der Waals surface area contributed by atoms with E-state index in [0.717, 1.165) is 18.2 Å².